The lowest BCUT2D eigenvalue weighted by Gasteiger charge is -2.06. The van der Waals surface area contributed by atoms with Gasteiger partial charge in [-0.1, -0.05) is 12.1 Å². The van der Waals surface area contributed by atoms with Gasteiger partial charge in [0.1, 0.15) is 0 Å². The third-order valence-electron chi connectivity index (χ3n) is 2.94. The molecule has 0 fully saturated rings. The Hall–Kier alpha value is -2.43. The number of aromatic nitrogens is 1. The Labute approximate surface area is 104 Å². The lowest BCUT2D eigenvalue weighted by atomic mass is 10.0. The predicted octanol–water partition coefficient (Wildman–Crippen LogP) is 1.03. The summed E-state index contributed by atoms with van der Waals surface area (Å²) in [7, 11) is 0. The fourth-order valence-electron chi connectivity index (χ4n) is 2.07. The quantitative estimate of drug-likeness (QED) is 0.781. The van der Waals surface area contributed by atoms with Gasteiger partial charge in [0.05, 0.1) is 5.52 Å². The summed E-state index contributed by atoms with van der Waals surface area (Å²) in [5.41, 5.74) is 8.20. The van der Waals surface area contributed by atoms with Gasteiger partial charge in [-0.3, -0.25) is 15.1 Å². The van der Waals surface area contributed by atoms with Crippen molar-refractivity contribution in [2.24, 2.45) is 10.7 Å². The highest BCUT2D eigenvalue weighted by molar-refractivity contribution is 6.04. The van der Waals surface area contributed by atoms with Gasteiger partial charge in [-0.15, -0.1) is 0 Å². The van der Waals surface area contributed by atoms with Crippen LogP contribution in [0.5, 0.6) is 0 Å². The van der Waals surface area contributed by atoms with Gasteiger partial charge in [0.2, 0.25) is 0 Å². The monoisotopic (exact) mass is 240 g/mol. The van der Waals surface area contributed by atoms with Crippen LogP contribution in [0.15, 0.2) is 35.3 Å². The third-order valence-corrected chi connectivity index (χ3v) is 2.94. The van der Waals surface area contributed by atoms with E-state index >= 15 is 0 Å². The number of pyridine rings is 1. The number of fused-ring (bicyclic) bond motifs is 1. The van der Waals surface area contributed by atoms with Crippen LogP contribution in [-0.2, 0) is 4.79 Å². The first-order valence-electron chi connectivity index (χ1n) is 5.65. The largest absolute Gasteiger partial charge is 0.370 e. The zero-order valence-corrected chi connectivity index (χ0v) is 9.84. The number of nitrogens with one attached hydrogen (secondary N) is 1. The second-order valence-electron chi connectivity index (χ2n) is 4.31. The van der Waals surface area contributed by atoms with Crippen molar-refractivity contribution in [3.63, 3.8) is 0 Å². The third kappa shape index (κ3) is 1.69. The lowest BCUT2D eigenvalue weighted by Crippen LogP contribution is -2.31. The zero-order chi connectivity index (χ0) is 12.7. The molecule has 1 atom stereocenters. The fourth-order valence-corrected chi connectivity index (χ4v) is 2.07. The SMILES string of the molecule is Cc1ccc2cc(C3N=C(N)NC3=O)ccc2n1. The molecule has 0 spiro atoms. The molecule has 2 heterocycles. The number of benzene rings is 1. The van der Waals surface area contributed by atoms with Crippen LogP contribution in [0.4, 0.5) is 0 Å². The Morgan fingerprint density at radius 1 is 1.28 bits per heavy atom. The number of aliphatic imine (C=N–C) groups is 1. The minimum atomic E-state index is -0.546. The minimum Gasteiger partial charge on any atom is -0.370 e. The molecule has 5 heteroatoms. The van der Waals surface area contributed by atoms with Crippen LogP contribution in [0.3, 0.4) is 0 Å². The van der Waals surface area contributed by atoms with Gasteiger partial charge in [-0.05, 0) is 30.7 Å². The summed E-state index contributed by atoms with van der Waals surface area (Å²) in [6, 6.07) is 9.07. The van der Waals surface area contributed by atoms with Crippen molar-refractivity contribution in [3.8, 4) is 0 Å². The first-order valence-corrected chi connectivity index (χ1v) is 5.65. The number of guanidine groups is 1. The first-order chi connectivity index (χ1) is 8.63. The van der Waals surface area contributed by atoms with E-state index in [2.05, 4.69) is 15.3 Å². The van der Waals surface area contributed by atoms with E-state index in [4.69, 9.17) is 5.73 Å². The molecular formula is C13H12N4O. The van der Waals surface area contributed by atoms with E-state index in [-0.39, 0.29) is 11.9 Å². The number of hydrogen-bond acceptors (Lipinski definition) is 4. The van der Waals surface area contributed by atoms with Crippen LogP contribution >= 0.6 is 0 Å². The molecule has 3 rings (SSSR count). The number of hydrogen-bond donors (Lipinski definition) is 2. The zero-order valence-electron chi connectivity index (χ0n) is 9.84. The number of nitrogens with zero attached hydrogens (tertiary/aromatic N) is 2. The van der Waals surface area contributed by atoms with E-state index in [1.165, 1.54) is 0 Å². The molecule has 1 aromatic carbocycles. The molecule has 5 nitrogen and oxygen atoms in total. The Morgan fingerprint density at radius 2 is 2.11 bits per heavy atom. The summed E-state index contributed by atoms with van der Waals surface area (Å²) in [5, 5.41) is 3.49. The van der Waals surface area contributed by atoms with Gasteiger partial charge in [0, 0.05) is 11.1 Å². The Balaban J connectivity index is 2.09. The number of amides is 1. The average Bonchev–Trinajstić information content (AvgIpc) is 2.68. The molecule has 1 unspecified atom stereocenters. The molecule has 0 bridgehead atoms. The van der Waals surface area contributed by atoms with Crippen molar-refractivity contribution < 1.29 is 4.79 Å². The molecule has 0 aliphatic carbocycles. The van der Waals surface area contributed by atoms with Gasteiger partial charge in [-0.2, -0.15) is 0 Å². The number of carbonyl (C=O) groups is 1. The van der Waals surface area contributed by atoms with Crippen molar-refractivity contribution >= 4 is 22.8 Å². The Bertz CT molecular complexity index is 678. The molecular weight excluding hydrogens is 228 g/mol. The standard InChI is InChI=1S/C13H12N4O/c1-7-2-3-8-6-9(4-5-10(8)15-7)11-12(18)17-13(14)16-11/h2-6,11H,1H3,(H3,14,16,17,18). The molecule has 0 radical (unpaired) electrons. The highest BCUT2D eigenvalue weighted by atomic mass is 16.2. The second-order valence-corrected chi connectivity index (χ2v) is 4.31. The van der Waals surface area contributed by atoms with Crippen LogP contribution in [0.25, 0.3) is 10.9 Å². The summed E-state index contributed by atoms with van der Waals surface area (Å²) < 4.78 is 0. The maximum Gasteiger partial charge on any atom is 0.256 e. The Morgan fingerprint density at radius 3 is 2.83 bits per heavy atom. The van der Waals surface area contributed by atoms with Crippen molar-refractivity contribution in [1.29, 1.82) is 0 Å². The maximum absolute atomic E-state index is 11.7. The number of rotatable bonds is 1. The summed E-state index contributed by atoms with van der Waals surface area (Å²) in [4.78, 5) is 20.1. The second kappa shape index (κ2) is 3.80. The van der Waals surface area contributed by atoms with E-state index in [1.54, 1.807) is 0 Å². The number of carbonyl (C=O) groups excluding carboxylic acids is 1. The summed E-state index contributed by atoms with van der Waals surface area (Å²) in [6.07, 6.45) is 0. The maximum atomic E-state index is 11.7. The normalized spacial score (nSPS) is 18.8. The van der Waals surface area contributed by atoms with Gasteiger partial charge < -0.3 is 5.73 Å². The van der Waals surface area contributed by atoms with Gasteiger partial charge >= 0.3 is 0 Å². The molecule has 1 aromatic heterocycles. The van der Waals surface area contributed by atoms with E-state index in [9.17, 15) is 4.79 Å². The number of aryl methyl sites for hydroxylation is 1. The van der Waals surface area contributed by atoms with Crippen LogP contribution in [0.2, 0.25) is 0 Å². The van der Waals surface area contributed by atoms with Gasteiger partial charge in [-0.25, -0.2) is 4.99 Å². The highest BCUT2D eigenvalue weighted by Crippen LogP contribution is 2.24. The number of nitrogens with two attached hydrogens (primary N) is 1. The molecule has 1 aliphatic heterocycles. The van der Waals surface area contributed by atoms with Gasteiger partial charge in [0.15, 0.2) is 12.0 Å². The summed E-state index contributed by atoms with van der Waals surface area (Å²) in [5.74, 6) is -0.0148. The minimum absolute atomic E-state index is 0.173. The molecule has 3 N–H and O–H groups in total. The van der Waals surface area contributed by atoms with Gasteiger partial charge in [0.25, 0.3) is 5.91 Å². The highest BCUT2D eigenvalue weighted by Gasteiger charge is 2.26. The van der Waals surface area contributed by atoms with Crippen LogP contribution in [0.1, 0.15) is 17.3 Å². The lowest BCUT2D eigenvalue weighted by molar-refractivity contribution is -0.120. The van der Waals surface area contributed by atoms with Crippen LogP contribution in [-0.4, -0.2) is 16.9 Å². The first kappa shape index (κ1) is 10.7. The molecule has 18 heavy (non-hydrogen) atoms. The van der Waals surface area contributed by atoms with E-state index in [1.807, 2.05) is 37.3 Å². The smallest absolute Gasteiger partial charge is 0.256 e. The average molecular weight is 240 g/mol. The Kier molecular flexibility index (Phi) is 2.26. The summed E-state index contributed by atoms with van der Waals surface area (Å²) >= 11 is 0. The molecule has 0 saturated carbocycles. The van der Waals surface area contributed by atoms with Crippen molar-refractivity contribution in [1.82, 2.24) is 10.3 Å². The topological polar surface area (TPSA) is 80.4 Å². The fraction of sp³-hybridized carbons (Fsp3) is 0.154. The predicted molar refractivity (Wildman–Crippen MR) is 69.0 cm³/mol. The van der Waals surface area contributed by atoms with Crippen LogP contribution < -0.4 is 11.1 Å². The van der Waals surface area contributed by atoms with Crippen LogP contribution in [0, 0.1) is 6.92 Å². The molecule has 0 saturated heterocycles. The summed E-state index contributed by atoms with van der Waals surface area (Å²) in [6.45, 7) is 1.95. The van der Waals surface area contributed by atoms with E-state index in [0.29, 0.717) is 0 Å². The molecule has 90 valence electrons. The van der Waals surface area contributed by atoms with Crippen molar-refractivity contribution in [2.75, 3.05) is 0 Å². The molecule has 2 aromatic rings. The van der Waals surface area contributed by atoms with E-state index in [0.717, 1.165) is 22.2 Å². The van der Waals surface area contributed by atoms with Crippen molar-refractivity contribution in [3.05, 3.63) is 41.6 Å². The molecule has 1 amide bonds. The molecule has 1 aliphatic rings. The van der Waals surface area contributed by atoms with E-state index < -0.39 is 6.04 Å². The van der Waals surface area contributed by atoms with Crippen molar-refractivity contribution in [2.45, 2.75) is 13.0 Å².